The molecular formula is C18H16ClNO3. The van der Waals surface area contributed by atoms with Crippen LogP contribution in [0, 0.1) is 11.8 Å². The van der Waals surface area contributed by atoms with Crippen molar-refractivity contribution in [1.82, 2.24) is 5.06 Å². The Morgan fingerprint density at radius 2 is 1.78 bits per heavy atom. The van der Waals surface area contributed by atoms with Gasteiger partial charge in [-0.15, -0.1) is 0 Å². The highest BCUT2D eigenvalue weighted by molar-refractivity contribution is 6.30. The van der Waals surface area contributed by atoms with Crippen molar-refractivity contribution in [2.24, 2.45) is 0 Å². The topological polar surface area (TPSA) is 60.8 Å². The summed E-state index contributed by atoms with van der Waals surface area (Å²) in [6.45, 7) is 1.38. The number of hydrogen-bond acceptors (Lipinski definition) is 3. The fourth-order valence-corrected chi connectivity index (χ4v) is 1.98. The minimum Gasteiger partial charge on any atom is -0.376 e. The summed E-state index contributed by atoms with van der Waals surface area (Å²) in [5.74, 6) is 5.21. The molecule has 23 heavy (non-hydrogen) atoms. The Balaban J connectivity index is 2.04. The molecule has 2 aromatic rings. The summed E-state index contributed by atoms with van der Waals surface area (Å²) in [5, 5.41) is 20.7. The molecular weight excluding hydrogens is 314 g/mol. The Morgan fingerprint density at radius 1 is 1.17 bits per heavy atom. The number of carbonyl (C=O) groups is 1. The maximum absolute atomic E-state index is 11.0. The second kappa shape index (κ2) is 7.80. The molecule has 0 heterocycles. The van der Waals surface area contributed by atoms with E-state index in [1.807, 2.05) is 0 Å². The van der Waals surface area contributed by atoms with Gasteiger partial charge in [0.15, 0.2) is 0 Å². The monoisotopic (exact) mass is 329 g/mol. The number of halogens is 1. The number of hydrogen-bond donors (Lipinski definition) is 2. The summed E-state index contributed by atoms with van der Waals surface area (Å²) in [7, 11) is 0. The van der Waals surface area contributed by atoms with Crippen LogP contribution in [0.15, 0.2) is 48.5 Å². The molecule has 0 radical (unpaired) electrons. The fourth-order valence-electron chi connectivity index (χ4n) is 1.86. The zero-order valence-corrected chi connectivity index (χ0v) is 13.3. The lowest BCUT2D eigenvalue weighted by atomic mass is 10.1. The second-order valence-electron chi connectivity index (χ2n) is 5.00. The van der Waals surface area contributed by atoms with E-state index in [9.17, 15) is 15.1 Å². The normalized spacial score (nSPS) is 11.3. The van der Waals surface area contributed by atoms with Gasteiger partial charge in [0, 0.05) is 17.5 Å². The van der Waals surface area contributed by atoms with Crippen molar-refractivity contribution in [2.75, 3.05) is 0 Å². The van der Waals surface area contributed by atoms with Crippen molar-refractivity contribution in [3.8, 4) is 11.8 Å². The highest BCUT2D eigenvalue weighted by atomic mass is 35.5. The Morgan fingerprint density at radius 3 is 2.35 bits per heavy atom. The van der Waals surface area contributed by atoms with E-state index in [0.29, 0.717) is 15.6 Å². The van der Waals surface area contributed by atoms with E-state index in [-0.39, 0.29) is 6.54 Å². The van der Waals surface area contributed by atoms with Crippen molar-refractivity contribution in [3.05, 3.63) is 70.2 Å². The van der Waals surface area contributed by atoms with Gasteiger partial charge >= 0.3 is 0 Å². The molecule has 1 unspecified atom stereocenters. The third-order valence-corrected chi connectivity index (χ3v) is 3.44. The molecule has 0 saturated carbocycles. The van der Waals surface area contributed by atoms with Crippen LogP contribution in [-0.2, 0) is 11.3 Å². The van der Waals surface area contributed by atoms with Gasteiger partial charge in [0.2, 0.25) is 5.91 Å². The highest BCUT2D eigenvalue weighted by Gasteiger charge is 2.07. The van der Waals surface area contributed by atoms with Gasteiger partial charge in [0.25, 0.3) is 0 Å². The first-order valence-corrected chi connectivity index (χ1v) is 7.34. The van der Waals surface area contributed by atoms with Crippen molar-refractivity contribution in [1.29, 1.82) is 0 Å². The van der Waals surface area contributed by atoms with Crippen LogP contribution < -0.4 is 0 Å². The number of benzene rings is 2. The molecule has 0 fully saturated rings. The molecule has 0 aliphatic heterocycles. The Labute approximate surface area is 139 Å². The zero-order chi connectivity index (χ0) is 16.8. The van der Waals surface area contributed by atoms with Gasteiger partial charge in [-0.25, -0.2) is 5.06 Å². The van der Waals surface area contributed by atoms with Crippen molar-refractivity contribution in [2.45, 2.75) is 19.6 Å². The number of carbonyl (C=O) groups excluding carboxylic acids is 1. The quantitative estimate of drug-likeness (QED) is 0.516. The lowest BCUT2D eigenvalue weighted by Crippen LogP contribution is -2.23. The lowest BCUT2D eigenvalue weighted by Gasteiger charge is -2.13. The van der Waals surface area contributed by atoms with Gasteiger partial charge in [0.1, 0.15) is 6.10 Å². The number of amides is 1. The number of aliphatic hydroxyl groups excluding tert-OH is 1. The predicted octanol–water partition coefficient (Wildman–Crippen LogP) is 3.16. The molecule has 0 spiro atoms. The average Bonchev–Trinajstić information content (AvgIpc) is 2.54. The van der Waals surface area contributed by atoms with Crippen LogP contribution in [-0.4, -0.2) is 21.3 Å². The summed E-state index contributed by atoms with van der Waals surface area (Å²) in [6.07, 6.45) is -0.919. The van der Waals surface area contributed by atoms with E-state index in [2.05, 4.69) is 11.8 Å². The molecule has 0 aliphatic rings. The maximum Gasteiger partial charge on any atom is 0.243 e. The summed E-state index contributed by atoms with van der Waals surface area (Å²) in [4.78, 5) is 11.0. The molecule has 0 aliphatic carbocycles. The summed E-state index contributed by atoms with van der Waals surface area (Å²) >= 11 is 5.80. The van der Waals surface area contributed by atoms with E-state index in [0.717, 1.165) is 11.1 Å². The standard InChI is InChI=1S/C18H16ClNO3/c1-13(21)20(23)12-15-2-7-16(8-3-15)18(22)11-6-14-4-9-17(19)10-5-14/h2-5,7-10,18,22-23H,12H2,1H3. The third-order valence-electron chi connectivity index (χ3n) is 3.19. The van der Waals surface area contributed by atoms with Gasteiger partial charge in [-0.2, -0.15) is 0 Å². The first kappa shape index (κ1) is 17.0. The van der Waals surface area contributed by atoms with Gasteiger partial charge in [-0.1, -0.05) is 47.7 Å². The second-order valence-corrected chi connectivity index (χ2v) is 5.43. The van der Waals surface area contributed by atoms with Crippen molar-refractivity contribution in [3.63, 3.8) is 0 Å². The Bertz CT molecular complexity index is 730. The molecule has 0 saturated heterocycles. The largest absolute Gasteiger partial charge is 0.376 e. The first-order chi connectivity index (χ1) is 11.0. The summed E-state index contributed by atoms with van der Waals surface area (Å²) < 4.78 is 0. The highest BCUT2D eigenvalue weighted by Crippen LogP contribution is 2.15. The number of aliphatic hydroxyl groups is 1. The van der Waals surface area contributed by atoms with Crippen LogP contribution >= 0.6 is 11.6 Å². The first-order valence-electron chi connectivity index (χ1n) is 6.96. The molecule has 1 amide bonds. The minimum atomic E-state index is -0.919. The minimum absolute atomic E-state index is 0.0994. The fraction of sp³-hybridized carbons (Fsp3) is 0.167. The van der Waals surface area contributed by atoms with Gasteiger partial charge in [-0.05, 0) is 35.4 Å². The van der Waals surface area contributed by atoms with E-state index in [1.54, 1.807) is 48.5 Å². The number of hydroxylamine groups is 2. The van der Waals surface area contributed by atoms with Crippen LogP contribution in [0.25, 0.3) is 0 Å². The van der Waals surface area contributed by atoms with E-state index in [1.165, 1.54) is 6.92 Å². The van der Waals surface area contributed by atoms with E-state index in [4.69, 9.17) is 11.6 Å². The summed E-state index contributed by atoms with van der Waals surface area (Å²) in [5.41, 5.74) is 2.16. The van der Waals surface area contributed by atoms with Crippen LogP contribution in [0.4, 0.5) is 0 Å². The Hall–Kier alpha value is -2.32. The molecule has 0 bridgehead atoms. The summed E-state index contributed by atoms with van der Waals surface area (Å²) in [6, 6.07) is 13.9. The molecule has 118 valence electrons. The van der Waals surface area contributed by atoms with Gasteiger partial charge < -0.3 is 5.11 Å². The lowest BCUT2D eigenvalue weighted by molar-refractivity contribution is -0.165. The third kappa shape index (κ3) is 5.11. The molecule has 0 aromatic heterocycles. The average molecular weight is 330 g/mol. The zero-order valence-electron chi connectivity index (χ0n) is 12.5. The molecule has 2 rings (SSSR count). The molecule has 1 atom stereocenters. The van der Waals surface area contributed by atoms with Gasteiger partial charge in [0.05, 0.1) is 6.54 Å². The SMILES string of the molecule is CC(=O)N(O)Cc1ccc(C(O)C#Cc2ccc(Cl)cc2)cc1. The Kier molecular flexibility index (Phi) is 5.78. The molecule has 2 aromatic carbocycles. The molecule has 4 nitrogen and oxygen atoms in total. The molecule has 5 heteroatoms. The number of nitrogens with zero attached hydrogens (tertiary/aromatic N) is 1. The van der Waals surface area contributed by atoms with Gasteiger partial charge in [-0.3, -0.25) is 10.0 Å². The van der Waals surface area contributed by atoms with Crippen LogP contribution in [0.1, 0.15) is 29.7 Å². The van der Waals surface area contributed by atoms with Crippen LogP contribution in [0.2, 0.25) is 5.02 Å². The van der Waals surface area contributed by atoms with E-state index < -0.39 is 12.0 Å². The van der Waals surface area contributed by atoms with Crippen LogP contribution in [0.5, 0.6) is 0 Å². The maximum atomic E-state index is 11.0. The van der Waals surface area contributed by atoms with Crippen LogP contribution in [0.3, 0.4) is 0 Å². The van der Waals surface area contributed by atoms with Crippen molar-refractivity contribution >= 4 is 17.5 Å². The number of rotatable bonds is 3. The van der Waals surface area contributed by atoms with E-state index >= 15 is 0 Å². The smallest absolute Gasteiger partial charge is 0.243 e. The predicted molar refractivity (Wildman–Crippen MR) is 87.7 cm³/mol. The molecule has 2 N–H and O–H groups in total. The van der Waals surface area contributed by atoms with Crippen molar-refractivity contribution < 1.29 is 15.1 Å².